The van der Waals surface area contributed by atoms with Gasteiger partial charge in [-0.15, -0.1) is 24.9 Å². The molecular weight excluding hydrogens is 512 g/mol. The van der Waals surface area contributed by atoms with Gasteiger partial charge >= 0.3 is 5.97 Å². The maximum atomic E-state index is 14.6. The Labute approximate surface area is 236 Å². The van der Waals surface area contributed by atoms with Crippen molar-refractivity contribution in [2.24, 2.45) is 17.8 Å². The van der Waals surface area contributed by atoms with Crippen LogP contribution in [0.25, 0.3) is 0 Å². The number of ether oxygens (including phenoxy) is 1. The number of rotatable bonds is 13. The van der Waals surface area contributed by atoms with Gasteiger partial charge in [-0.3, -0.25) is 14.4 Å². The van der Waals surface area contributed by atoms with E-state index in [9.17, 15) is 19.5 Å². The molecule has 3 fully saturated rings. The van der Waals surface area contributed by atoms with Crippen LogP contribution in [0.3, 0.4) is 0 Å². The van der Waals surface area contributed by atoms with E-state index in [1.54, 1.807) is 33.7 Å². The summed E-state index contributed by atoms with van der Waals surface area (Å²) in [6.07, 6.45) is 6.05. The Kier molecular flexibility index (Phi) is 8.96. The summed E-state index contributed by atoms with van der Waals surface area (Å²) in [5.74, 6) is -2.10. The summed E-state index contributed by atoms with van der Waals surface area (Å²) in [6.45, 7) is 14.3. The van der Waals surface area contributed by atoms with Gasteiger partial charge in [0.1, 0.15) is 6.04 Å². The molecule has 7 nitrogen and oxygen atoms in total. The summed E-state index contributed by atoms with van der Waals surface area (Å²) in [4.78, 5) is 45.9. The molecule has 4 rings (SSSR count). The third-order valence-corrected chi connectivity index (χ3v) is 11.0. The van der Waals surface area contributed by atoms with Gasteiger partial charge in [-0.05, 0) is 37.7 Å². The van der Waals surface area contributed by atoms with Crippen molar-refractivity contribution in [1.29, 1.82) is 0 Å². The number of likely N-dealkylation sites (tertiary alicyclic amines) is 1. The molecule has 3 aliphatic heterocycles. The lowest BCUT2D eigenvalue weighted by Crippen LogP contribution is -2.58. The number of benzene rings is 1. The Hall–Kier alpha value is -2.58. The number of thioether (sulfide) groups is 1. The highest BCUT2D eigenvalue weighted by molar-refractivity contribution is 8.02. The number of hydrogen-bond donors (Lipinski definition) is 1. The molecule has 1 aromatic rings. The number of esters is 1. The molecule has 3 aliphatic rings. The van der Waals surface area contributed by atoms with Crippen LogP contribution in [0.5, 0.6) is 0 Å². The smallest absolute Gasteiger partial charge is 0.311 e. The van der Waals surface area contributed by atoms with Crippen LogP contribution in [0.4, 0.5) is 0 Å². The Morgan fingerprint density at radius 2 is 1.97 bits per heavy atom. The highest BCUT2D eigenvalue weighted by atomic mass is 32.2. The van der Waals surface area contributed by atoms with E-state index in [-0.39, 0.29) is 36.9 Å². The van der Waals surface area contributed by atoms with Crippen LogP contribution in [0.1, 0.15) is 52.0 Å². The van der Waals surface area contributed by atoms with Gasteiger partial charge in [-0.25, -0.2) is 0 Å². The Balaban J connectivity index is 1.78. The van der Waals surface area contributed by atoms with Gasteiger partial charge in [0.25, 0.3) is 0 Å². The zero-order valence-electron chi connectivity index (χ0n) is 23.4. The van der Waals surface area contributed by atoms with Gasteiger partial charge in [0, 0.05) is 17.8 Å². The zero-order chi connectivity index (χ0) is 28.4. The lowest BCUT2D eigenvalue weighted by molar-refractivity contribution is -0.156. The average molecular weight is 555 g/mol. The van der Waals surface area contributed by atoms with E-state index < -0.39 is 33.4 Å². The molecule has 3 saturated heterocycles. The predicted octanol–water partition coefficient (Wildman–Crippen LogP) is 4.21. The quantitative estimate of drug-likeness (QED) is 0.223. The van der Waals surface area contributed by atoms with Crippen LogP contribution in [0, 0.1) is 17.8 Å². The van der Waals surface area contributed by atoms with Crippen molar-refractivity contribution < 1.29 is 24.2 Å². The van der Waals surface area contributed by atoms with Crippen LogP contribution in [0.2, 0.25) is 0 Å². The van der Waals surface area contributed by atoms with Gasteiger partial charge in [0.15, 0.2) is 0 Å². The number of carbonyl (C=O) groups is 3. The predicted molar refractivity (Wildman–Crippen MR) is 154 cm³/mol. The largest absolute Gasteiger partial charge is 0.465 e. The maximum Gasteiger partial charge on any atom is 0.311 e. The second-order valence-corrected chi connectivity index (χ2v) is 13.2. The number of fused-ring (bicyclic) bond motifs is 1. The molecule has 2 amide bonds. The number of carbonyl (C=O) groups excluding carboxylic acids is 3. The van der Waals surface area contributed by atoms with E-state index in [0.29, 0.717) is 32.4 Å². The highest BCUT2D eigenvalue weighted by Crippen LogP contribution is 2.72. The van der Waals surface area contributed by atoms with Gasteiger partial charge in [0.2, 0.25) is 11.8 Å². The van der Waals surface area contributed by atoms with Crippen LogP contribution in [0.15, 0.2) is 55.6 Å². The fraction of sp³-hybridized carbons (Fsp3) is 0.581. The molecule has 1 aromatic carbocycles. The molecule has 0 saturated carbocycles. The van der Waals surface area contributed by atoms with Crippen molar-refractivity contribution >= 4 is 29.5 Å². The molecular formula is C31H42N2O5S. The summed E-state index contributed by atoms with van der Waals surface area (Å²) >= 11 is 1.62. The zero-order valence-corrected chi connectivity index (χ0v) is 24.2. The minimum Gasteiger partial charge on any atom is -0.465 e. The minimum atomic E-state index is -0.789. The van der Waals surface area contributed by atoms with Crippen molar-refractivity contribution in [2.75, 3.05) is 19.8 Å². The SMILES string of the molecule is C=CCCOC(=O)[C@H]1[C@H]2C(=O)N([C@@H](CO)[C@@H](C)CC)C(C(=O)N(CC=C)Cc3ccccc3)C23CC[C@]1(C)S3. The van der Waals surface area contributed by atoms with Crippen molar-refractivity contribution in [3.63, 3.8) is 0 Å². The number of aliphatic hydroxyl groups is 1. The Morgan fingerprint density at radius 1 is 1.26 bits per heavy atom. The van der Waals surface area contributed by atoms with Crippen LogP contribution < -0.4 is 0 Å². The normalized spacial score (nSPS) is 30.5. The van der Waals surface area contributed by atoms with E-state index in [0.717, 1.165) is 12.0 Å². The molecule has 1 N–H and O–H groups in total. The van der Waals surface area contributed by atoms with Gasteiger partial charge < -0.3 is 19.6 Å². The molecule has 7 atom stereocenters. The Morgan fingerprint density at radius 3 is 2.59 bits per heavy atom. The number of hydrogen-bond acceptors (Lipinski definition) is 6. The second-order valence-electron chi connectivity index (χ2n) is 11.3. The lowest BCUT2D eigenvalue weighted by atomic mass is 9.66. The molecule has 2 unspecified atom stereocenters. The molecule has 39 heavy (non-hydrogen) atoms. The molecule has 1 spiro atoms. The first-order valence-corrected chi connectivity index (χ1v) is 14.8. The van der Waals surface area contributed by atoms with Crippen molar-refractivity contribution in [3.8, 4) is 0 Å². The van der Waals surface area contributed by atoms with Gasteiger partial charge in [-0.2, -0.15) is 0 Å². The third kappa shape index (κ3) is 5.06. The third-order valence-electron chi connectivity index (χ3n) is 8.99. The molecule has 0 aliphatic carbocycles. The topological polar surface area (TPSA) is 87.1 Å². The standard InChI is InChI=1S/C31H42N2O5S/c1-6-9-18-38-29(37)25-24-27(35)33(23(20-34)21(4)8-3)26(31(24)16-15-30(25,5)39-31)28(36)32(17-7-2)19-22-13-11-10-12-14-22/h6-7,10-14,21,23-26,34H,1-2,8-9,15-20H2,3-5H3/t21-,23-,24-,25+,26?,30-,31?/m0/s1. The molecule has 2 bridgehead atoms. The van der Waals surface area contributed by atoms with Crippen LogP contribution in [-0.4, -0.2) is 74.0 Å². The van der Waals surface area contributed by atoms with E-state index in [4.69, 9.17) is 4.74 Å². The van der Waals surface area contributed by atoms with Crippen molar-refractivity contribution in [2.45, 2.75) is 74.6 Å². The summed E-state index contributed by atoms with van der Waals surface area (Å²) in [5.41, 5.74) is 0.984. The van der Waals surface area contributed by atoms with E-state index in [1.165, 1.54) is 0 Å². The first-order valence-electron chi connectivity index (χ1n) is 14.0. The lowest BCUT2D eigenvalue weighted by Gasteiger charge is -2.41. The van der Waals surface area contributed by atoms with Crippen LogP contribution in [-0.2, 0) is 25.7 Å². The monoisotopic (exact) mass is 554 g/mol. The molecule has 0 radical (unpaired) electrons. The molecule has 0 aromatic heterocycles. The van der Waals surface area contributed by atoms with E-state index >= 15 is 0 Å². The molecule has 212 valence electrons. The van der Waals surface area contributed by atoms with E-state index in [1.807, 2.05) is 51.1 Å². The summed E-state index contributed by atoms with van der Waals surface area (Å²) < 4.78 is 4.38. The van der Waals surface area contributed by atoms with Crippen molar-refractivity contribution in [1.82, 2.24) is 9.80 Å². The van der Waals surface area contributed by atoms with E-state index in [2.05, 4.69) is 13.2 Å². The first kappa shape index (κ1) is 29.4. The Bertz CT molecular complexity index is 1100. The first-order chi connectivity index (χ1) is 18.7. The second kappa shape index (κ2) is 11.9. The number of aliphatic hydroxyl groups excluding tert-OH is 1. The molecule has 3 heterocycles. The summed E-state index contributed by atoms with van der Waals surface area (Å²) in [5, 5.41) is 10.5. The maximum absolute atomic E-state index is 14.6. The highest BCUT2D eigenvalue weighted by Gasteiger charge is 2.78. The fourth-order valence-corrected chi connectivity index (χ4v) is 9.20. The number of nitrogens with zero attached hydrogens (tertiary/aromatic N) is 2. The minimum absolute atomic E-state index is 0.0257. The number of amides is 2. The van der Waals surface area contributed by atoms with Crippen molar-refractivity contribution in [3.05, 3.63) is 61.2 Å². The van der Waals surface area contributed by atoms with Crippen LogP contribution >= 0.6 is 11.8 Å². The fourth-order valence-electron chi connectivity index (χ4n) is 6.87. The summed E-state index contributed by atoms with van der Waals surface area (Å²) in [6, 6.07) is 8.45. The average Bonchev–Trinajstić information content (AvgIpc) is 3.50. The van der Waals surface area contributed by atoms with Gasteiger partial charge in [0.05, 0.1) is 35.8 Å². The molecule has 8 heteroatoms. The van der Waals surface area contributed by atoms with Gasteiger partial charge in [-0.1, -0.05) is 62.8 Å². The summed E-state index contributed by atoms with van der Waals surface area (Å²) in [7, 11) is 0.